The first kappa shape index (κ1) is 20.9. The van der Waals surface area contributed by atoms with Gasteiger partial charge in [0.15, 0.2) is 0 Å². The van der Waals surface area contributed by atoms with Gasteiger partial charge in [-0.25, -0.2) is 4.79 Å². The van der Waals surface area contributed by atoms with Gasteiger partial charge >= 0.3 is 12.1 Å². The van der Waals surface area contributed by atoms with Crippen LogP contribution in [0.1, 0.15) is 56.7 Å². The third kappa shape index (κ3) is 4.59. The number of carbonyl (C=O) groups is 1. The van der Waals surface area contributed by atoms with Crippen molar-refractivity contribution < 1.29 is 23.1 Å². The minimum atomic E-state index is -4.65. The van der Waals surface area contributed by atoms with Crippen LogP contribution in [-0.2, 0) is 17.4 Å². The molecule has 1 spiro atoms. The highest BCUT2D eigenvalue weighted by molar-refractivity contribution is 5.71. The lowest BCUT2D eigenvalue weighted by Gasteiger charge is -2.22. The van der Waals surface area contributed by atoms with Crippen molar-refractivity contribution in [1.82, 2.24) is 9.47 Å². The highest BCUT2D eigenvalue weighted by atomic mass is 19.4. The number of hydrogen-bond acceptors (Lipinski definition) is 3. The maximum Gasteiger partial charge on any atom is 0.416 e. The predicted molar refractivity (Wildman–Crippen MR) is 98.3 cm³/mol. The van der Waals surface area contributed by atoms with Crippen LogP contribution in [-0.4, -0.2) is 40.2 Å². The van der Waals surface area contributed by atoms with Crippen molar-refractivity contribution >= 4 is 5.97 Å². The van der Waals surface area contributed by atoms with Gasteiger partial charge < -0.3 is 14.6 Å². The number of aliphatic carboxylic acids is 1. The average molecular weight is 400 g/mol. The number of carboxylic acid groups (broad SMARTS) is 1. The van der Waals surface area contributed by atoms with E-state index >= 15 is 0 Å². The van der Waals surface area contributed by atoms with Crippen molar-refractivity contribution in [3.8, 4) is 0 Å². The molecule has 1 N–H and O–H groups in total. The second-order valence-corrected chi connectivity index (χ2v) is 8.72. The van der Waals surface area contributed by atoms with Crippen LogP contribution in [0.25, 0.3) is 0 Å². The second-order valence-electron chi connectivity index (χ2n) is 8.72. The maximum atomic E-state index is 13.5. The van der Waals surface area contributed by atoms with Crippen molar-refractivity contribution in [2.45, 2.75) is 58.2 Å². The maximum absolute atomic E-state index is 13.5. The van der Waals surface area contributed by atoms with E-state index in [1.807, 2.05) is 13.8 Å². The van der Waals surface area contributed by atoms with E-state index in [-0.39, 0.29) is 24.3 Å². The van der Waals surface area contributed by atoms with Gasteiger partial charge in [0, 0.05) is 25.4 Å². The van der Waals surface area contributed by atoms with E-state index in [1.165, 1.54) is 12.8 Å². The lowest BCUT2D eigenvalue weighted by atomic mass is 10.0. The molecule has 0 radical (unpaired) electrons. The Balaban J connectivity index is 1.88. The SMILES string of the molecule is CC(C)CC(C(=O)O)n1cc(CCN2CCC3(CC3)C2)c(C(F)(F)F)cc1=O. The Bertz CT molecular complexity index is 797. The monoisotopic (exact) mass is 400 g/mol. The van der Waals surface area contributed by atoms with E-state index in [0.29, 0.717) is 18.0 Å². The van der Waals surface area contributed by atoms with E-state index < -0.39 is 29.3 Å². The molecule has 5 nitrogen and oxygen atoms in total. The number of nitrogens with zero attached hydrogens (tertiary/aromatic N) is 2. The van der Waals surface area contributed by atoms with Crippen LogP contribution in [0, 0.1) is 11.3 Å². The zero-order chi connectivity index (χ0) is 20.7. The Labute approximate surface area is 162 Å². The highest BCUT2D eigenvalue weighted by Crippen LogP contribution is 2.52. The summed E-state index contributed by atoms with van der Waals surface area (Å²) in [6, 6.07) is -0.618. The molecule has 1 aliphatic carbocycles. The molecule has 1 unspecified atom stereocenters. The van der Waals surface area contributed by atoms with Crippen molar-refractivity contribution in [3.63, 3.8) is 0 Å². The molecule has 1 saturated heterocycles. The number of rotatable bonds is 7. The molecule has 2 fully saturated rings. The molecule has 1 saturated carbocycles. The summed E-state index contributed by atoms with van der Waals surface area (Å²) < 4.78 is 41.4. The average Bonchev–Trinajstić information content (AvgIpc) is 3.21. The van der Waals surface area contributed by atoms with Gasteiger partial charge in [0.1, 0.15) is 6.04 Å². The zero-order valence-corrected chi connectivity index (χ0v) is 16.3. The lowest BCUT2D eigenvalue weighted by molar-refractivity contribution is -0.141. The second kappa shape index (κ2) is 7.54. The van der Waals surface area contributed by atoms with Gasteiger partial charge in [0.2, 0.25) is 0 Å². The van der Waals surface area contributed by atoms with Crippen LogP contribution in [0.5, 0.6) is 0 Å². The van der Waals surface area contributed by atoms with Gasteiger partial charge in [-0.05, 0) is 55.5 Å². The molecule has 1 aliphatic heterocycles. The van der Waals surface area contributed by atoms with Gasteiger partial charge in [-0.1, -0.05) is 13.8 Å². The standard InChI is InChI=1S/C20H27F3N2O3/c1-13(2)9-16(18(27)28)25-11-14(15(10-17(25)26)20(21,22)23)3-7-24-8-6-19(12-24)4-5-19/h10-11,13,16H,3-9,12H2,1-2H3,(H,27,28). The van der Waals surface area contributed by atoms with Crippen LogP contribution < -0.4 is 5.56 Å². The van der Waals surface area contributed by atoms with Gasteiger partial charge in [-0.15, -0.1) is 0 Å². The van der Waals surface area contributed by atoms with E-state index in [9.17, 15) is 27.9 Å². The molecule has 2 heterocycles. The predicted octanol–water partition coefficient (Wildman–Crippen LogP) is 3.57. The summed E-state index contributed by atoms with van der Waals surface area (Å²) >= 11 is 0. The van der Waals surface area contributed by atoms with Crippen molar-refractivity contribution in [3.05, 3.63) is 33.7 Å². The van der Waals surface area contributed by atoms with Crippen molar-refractivity contribution in [2.24, 2.45) is 11.3 Å². The third-order valence-electron chi connectivity index (χ3n) is 5.96. The Morgan fingerprint density at radius 3 is 2.46 bits per heavy atom. The summed E-state index contributed by atoms with van der Waals surface area (Å²) in [6.45, 7) is 5.90. The number of carboxylic acids is 1. The fraction of sp³-hybridized carbons (Fsp3) is 0.700. The lowest BCUT2D eigenvalue weighted by Crippen LogP contribution is -2.33. The van der Waals surface area contributed by atoms with Crippen LogP contribution in [0.2, 0.25) is 0 Å². The molecule has 0 aromatic carbocycles. The topological polar surface area (TPSA) is 62.5 Å². The number of likely N-dealkylation sites (tertiary alicyclic amines) is 1. The van der Waals surface area contributed by atoms with Crippen LogP contribution in [0.15, 0.2) is 17.1 Å². The van der Waals surface area contributed by atoms with Gasteiger partial charge in [-0.3, -0.25) is 4.79 Å². The molecule has 3 rings (SSSR count). The first-order chi connectivity index (χ1) is 13.0. The molecule has 1 atom stereocenters. The smallest absolute Gasteiger partial charge is 0.416 e. The molecule has 1 aromatic heterocycles. The fourth-order valence-corrected chi connectivity index (χ4v) is 4.16. The Morgan fingerprint density at radius 2 is 1.96 bits per heavy atom. The van der Waals surface area contributed by atoms with Crippen molar-refractivity contribution in [2.75, 3.05) is 19.6 Å². The largest absolute Gasteiger partial charge is 0.480 e. The van der Waals surface area contributed by atoms with E-state index in [4.69, 9.17) is 0 Å². The summed E-state index contributed by atoms with van der Waals surface area (Å²) in [5.41, 5.74) is -1.51. The molecule has 8 heteroatoms. The van der Waals surface area contributed by atoms with Gasteiger partial charge in [0.25, 0.3) is 5.56 Å². The number of hydrogen-bond donors (Lipinski definition) is 1. The summed E-state index contributed by atoms with van der Waals surface area (Å²) in [6.07, 6.45) is 0.264. The third-order valence-corrected chi connectivity index (χ3v) is 5.96. The van der Waals surface area contributed by atoms with Gasteiger partial charge in [-0.2, -0.15) is 13.2 Å². The molecule has 28 heavy (non-hydrogen) atoms. The number of pyridine rings is 1. The minimum Gasteiger partial charge on any atom is -0.480 e. The number of aromatic nitrogens is 1. The quantitative estimate of drug-likeness (QED) is 0.760. The number of halogens is 3. The molecule has 1 aromatic rings. The van der Waals surface area contributed by atoms with Crippen molar-refractivity contribution in [1.29, 1.82) is 0 Å². The zero-order valence-electron chi connectivity index (χ0n) is 16.3. The number of alkyl halides is 3. The molecular weight excluding hydrogens is 373 g/mol. The minimum absolute atomic E-state index is 0.0150. The Morgan fingerprint density at radius 1 is 1.29 bits per heavy atom. The summed E-state index contributed by atoms with van der Waals surface area (Å²) in [4.78, 5) is 26.1. The Kier molecular flexibility index (Phi) is 5.62. The normalized spacial score (nSPS) is 20.1. The molecule has 0 bridgehead atoms. The van der Waals surface area contributed by atoms with Crippen LogP contribution in [0.3, 0.4) is 0 Å². The van der Waals surface area contributed by atoms with E-state index in [0.717, 1.165) is 30.3 Å². The fourth-order valence-electron chi connectivity index (χ4n) is 4.16. The van der Waals surface area contributed by atoms with Crippen LogP contribution >= 0.6 is 0 Å². The molecule has 156 valence electrons. The first-order valence-electron chi connectivity index (χ1n) is 9.78. The molecule has 2 aliphatic rings. The van der Waals surface area contributed by atoms with Gasteiger partial charge in [0.05, 0.1) is 5.56 Å². The van der Waals surface area contributed by atoms with E-state index in [1.54, 1.807) is 0 Å². The molecule has 0 amide bonds. The summed E-state index contributed by atoms with van der Waals surface area (Å²) in [5.74, 6) is -1.23. The highest BCUT2D eigenvalue weighted by Gasteiger charge is 2.47. The molecular formula is C20H27F3N2O3. The Hall–Kier alpha value is -1.83. The first-order valence-corrected chi connectivity index (χ1v) is 9.78. The summed E-state index contributed by atoms with van der Waals surface area (Å²) in [7, 11) is 0. The summed E-state index contributed by atoms with van der Waals surface area (Å²) in [5, 5.41) is 9.50. The van der Waals surface area contributed by atoms with Crippen LogP contribution in [0.4, 0.5) is 13.2 Å². The van der Waals surface area contributed by atoms with E-state index in [2.05, 4.69) is 4.90 Å².